The van der Waals surface area contributed by atoms with E-state index in [4.69, 9.17) is 4.74 Å². The summed E-state index contributed by atoms with van der Waals surface area (Å²) in [7, 11) is 1.61. The number of amides is 1. The van der Waals surface area contributed by atoms with Crippen molar-refractivity contribution in [2.75, 3.05) is 20.2 Å². The summed E-state index contributed by atoms with van der Waals surface area (Å²) in [6.45, 7) is 4.09. The van der Waals surface area contributed by atoms with E-state index in [-0.39, 0.29) is 5.91 Å². The van der Waals surface area contributed by atoms with Crippen molar-refractivity contribution in [3.63, 3.8) is 0 Å². The van der Waals surface area contributed by atoms with Crippen LogP contribution in [-0.2, 0) is 0 Å². The lowest BCUT2D eigenvalue weighted by Gasteiger charge is -2.28. The van der Waals surface area contributed by atoms with Gasteiger partial charge in [-0.2, -0.15) is 0 Å². The molecule has 1 aromatic carbocycles. The van der Waals surface area contributed by atoms with Gasteiger partial charge in [-0.25, -0.2) is 0 Å². The van der Waals surface area contributed by atoms with Crippen LogP contribution in [0.15, 0.2) is 24.3 Å². The van der Waals surface area contributed by atoms with Gasteiger partial charge in [0.15, 0.2) is 0 Å². The Labute approximate surface area is 113 Å². The molecule has 102 valence electrons. The monoisotopic (exact) mass is 260 g/mol. The minimum atomic E-state index is 0.0983. The zero-order valence-electron chi connectivity index (χ0n) is 11.4. The van der Waals surface area contributed by atoms with E-state index in [0.29, 0.717) is 29.3 Å². The highest BCUT2D eigenvalue weighted by molar-refractivity contribution is 5.97. The number of ether oxygens (including phenoxy) is 1. The number of nitrogens with zero attached hydrogens (tertiary/aromatic N) is 1. The molecule has 19 heavy (non-hydrogen) atoms. The summed E-state index contributed by atoms with van der Waals surface area (Å²) in [6, 6.07) is 8.13. The molecule has 2 aliphatic rings. The molecular formula is C15H20N2O2. The maximum absolute atomic E-state index is 12.8. The van der Waals surface area contributed by atoms with Crippen LogP contribution in [0.1, 0.15) is 23.7 Å². The molecule has 0 bridgehead atoms. The van der Waals surface area contributed by atoms with Crippen LogP contribution in [0.4, 0.5) is 0 Å². The van der Waals surface area contributed by atoms with Crippen LogP contribution >= 0.6 is 0 Å². The Kier molecular flexibility index (Phi) is 3.19. The second-order valence-corrected chi connectivity index (χ2v) is 5.48. The van der Waals surface area contributed by atoms with Gasteiger partial charge in [-0.1, -0.05) is 12.1 Å². The summed E-state index contributed by atoms with van der Waals surface area (Å²) < 4.78 is 5.31. The first-order valence-electron chi connectivity index (χ1n) is 6.88. The molecule has 4 nitrogen and oxygen atoms in total. The van der Waals surface area contributed by atoms with Crippen LogP contribution in [0.25, 0.3) is 0 Å². The lowest BCUT2D eigenvalue weighted by atomic mass is 10.0. The van der Waals surface area contributed by atoms with Gasteiger partial charge in [0.2, 0.25) is 0 Å². The standard InChI is InChI=1S/C15H20N2O2/c1-10-7-11-8-16-9-13(11)17(10)15(18)12-5-3-4-6-14(12)19-2/h3-6,10-11,13,16H,7-9H2,1-2H3. The van der Waals surface area contributed by atoms with Crippen molar-refractivity contribution in [1.29, 1.82) is 0 Å². The van der Waals surface area contributed by atoms with Gasteiger partial charge in [0.25, 0.3) is 5.91 Å². The van der Waals surface area contributed by atoms with Gasteiger partial charge in [-0.3, -0.25) is 4.79 Å². The Hall–Kier alpha value is -1.55. The molecule has 3 unspecified atom stereocenters. The van der Waals surface area contributed by atoms with Crippen LogP contribution in [0.2, 0.25) is 0 Å². The van der Waals surface area contributed by atoms with Gasteiger partial charge >= 0.3 is 0 Å². The maximum atomic E-state index is 12.8. The van der Waals surface area contributed by atoms with Gasteiger partial charge < -0.3 is 15.0 Å². The molecule has 1 N–H and O–H groups in total. The molecule has 2 heterocycles. The first kappa shape index (κ1) is 12.5. The van der Waals surface area contributed by atoms with E-state index in [0.717, 1.165) is 19.5 Å². The number of rotatable bonds is 2. The summed E-state index contributed by atoms with van der Waals surface area (Å²) in [5, 5.41) is 3.38. The molecule has 2 saturated heterocycles. The molecule has 2 aliphatic heterocycles. The van der Waals surface area contributed by atoms with Crippen LogP contribution < -0.4 is 10.1 Å². The minimum Gasteiger partial charge on any atom is -0.496 e. The Morgan fingerprint density at radius 1 is 1.37 bits per heavy atom. The third kappa shape index (κ3) is 2.00. The van der Waals surface area contributed by atoms with E-state index in [2.05, 4.69) is 12.2 Å². The molecule has 3 rings (SSSR count). The Morgan fingerprint density at radius 2 is 2.16 bits per heavy atom. The lowest BCUT2D eigenvalue weighted by molar-refractivity contribution is 0.0679. The van der Waals surface area contributed by atoms with Crippen LogP contribution in [0.5, 0.6) is 5.75 Å². The van der Waals surface area contributed by atoms with E-state index in [1.54, 1.807) is 7.11 Å². The molecule has 3 atom stereocenters. The summed E-state index contributed by atoms with van der Waals surface area (Å²) in [4.78, 5) is 14.8. The van der Waals surface area contributed by atoms with Crippen LogP contribution in [-0.4, -0.2) is 43.1 Å². The quantitative estimate of drug-likeness (QED) is 0.876. The summed E-state index contributed by atoms with van der Waals surface area (Å²) >= 11 is 0. The fourth-order valence-corrected chi connectivity index (χ4v) is 3.47. The lowest BCUT2D eigenvalue weighted by Crippen LogP contribution is -2.42. The largest absolute Gasteiger partial charge is 0.496 e. The van der Waals surface area contributed by atoms with Crippen LogP contribution in [0.3, 0.4) is 0 Å². The second kappa shape index (κ2) is 4.85. The third-order valence-corrected chi connectivity index (χ3v) is 4.35. The summed E-state index contributed by atoms with van der Waals surface area (Å²) in [5.74, 6) is 1.36. The predicted octanol–water partition coefficient (Wildman–Crippen LogP) is 1.52. The van der Waals surface area contributed by atoms with Gasteiger partial charge in [0, 0.05) is 25.2 Å². The normalized spacial score (nSPS) is 29.4. The fourth-order valence-electron chi connectivity index (χ4n) is 3.47. The molecule has 0 radical (unpaired) electrons. The second-order valence-electron chi connectivity index (χ2n) is 5.48. The number of nitrogens with one attached hydrogen (secondary N) is 1. The Morgan fingerprint density at radius 3 is 2.95 bits per heavy atom. The molecule has 0 aromatic heterocycles. The number of benzene rings is 1. The molecule has 0 spiro atoms. The van der Waals surface area contributed by atoms with Crippen LogP contribution in [0, 0.1) is 5.92 Å². The smallest absolute Gasteiger partial charge is 0.258 e. The van der Waals surface area contributed by atoms with Crippen molar-refractivity contribution in [3.05, 3.63) is 29.8 Å². The maximum Gasteiger partial charge on any atom is 0.258 e. The first-order valence-corrected chi connectivity index (χ1v) is 6.88. The van der Waals surface area contributed by atoms with Crippen molar-refractivity contribution < 1.29 is 9.53 Å². The number of para-hydroxylation sites is 1. The predicted molar refractivity (Wildman–Crippen MR) is 73.4 cm³/mol. The van der Waals surface area contributed by atoms with Crippen molar-refractivity contribution in [2.45, 2.75) is 25.4 Å². The summed E-state index contributed by atoms with van der Waals surface area (Å²) in [6.07, 6.45) is 1.10. The first-order chi connectivity index (χ1) is 9.22. The van der Waals surface area contributed by atoms with E-state index < -0.39 is 0 Å². The van der Waals surface area contributed by atoms with Gasteiger partial charge in [-0.05, 0) is 31.4 Å². The average molecular weight is 260 g/mol. The van der Waals surface area contributed by atoms with Crippen molar-refractivity contribution in [3.8, 4) is 5.75 Å². The average Bonchev–Trinajstić information content (AvgIpc) is 2.97. The zero-order chi connectivity index (χ0) is 13.4. The van der Waals surface area contributed by atoms with Gasteiger partial charge in [0.1, 0.15) is 5.75 Å². The topological polar surface area (TPSA) is 41.6 Å². The number of carbonyl (C=O) groups excluding carboxylic acids is 1. The fraction of sp³-hybridized carbons (Fsp3) is 0.533. The highest BCUT2D eigenvalue weighted by Crippen LogP contribution is 2.34. The summed E-state index contributed by atoms with van der Waals surface area (Å²) in [5.41, 5.74) is 0.671. The molecule has 1 amide bonds. The Bertz CT molecular complexity index is 489. The molecule has 4 heteroatoms. The molecule has 1 aromatic rings. The molecule has 0 saturated carbocycles. The third-order valence-electron chi connectivity index (χ3n) is 4.35. The van der Waals surface area contributed by atoms with Gasteiger partial charge in [-0.15, -0.1) is 0 Å². The number of carbonyl (C=O) groups is 1. The SMILES string of the molecule is COc1ccccc1C(=O)N1C(C)CC2CNCC21. The minimum absolute atomic E-state index is 0.0983. The van der Waals surface area contributed by atoms with E-state index in [1.165, 1.54) is 0 Å². The molecule has 0 aliphatic carbocycles. The van der Waals surface area contributed by atoms with E-state index in [9.17, 15) is 4.79 Å². The molecule has 2 fully saturated rings. The number of methoxy groups -OCH3 is 1. The number of likely N-dealkylation sites (tertiary alicyclic amines) is 1. The van der Waals surface area contributed by atoms with Crippen molar-refractivity contribution >= 4 is 5.91 Å². The highest BCUT2D eigenvalue weighted by Gasteiger charge is 2.44. The van der Waals surface area contributed by atoms with E-state index in [1.807, 2.05) is 29.2 Å². The van der Waals surface area contributed by atoms with Crippen molar-refractivity contribution in [2.24, 2.45) is 5.92 Å². The Balaban J connectivity index is 1.91. The highest BCUT2D eigenvalue weighted by atomic mass is 16.5. The zero-order valence-corrected chi connectivity index (χ0v) is 11.4. The number of hydrogen-bond acceptors (Lipinski definition) is 3. The van der Waals surface area contributed by atoms with E-state index >= 15 is 0 Å². The van der Waals surface area contributed by atoms with Gasteiger partial charge in [0.05, 0.1) is 12.7 Å². The van der Waals surface area contributed by atoms with Crippen molar-refractivity contribution in [1.82, 2.24) is 10.2 Å². The number of hydrogen-bond donors (Lipinski definition) is 1. The molecular weight excluding hydrogens is 240 g/mol. The number of fused-ring (bicyclic) bond motifs is 1.